The van der Waals surface area contributed by atoms with E-state index in [0.717, 1.165) is 11.1 Å². The summed E-state index contributed by atoms with van der Waals surface area (Å²) in [6, 6.07) is 7.31. The number of nitrogens with two attached hydrogens (primary N) is 1. The van der Waals surface area contributed by atoms with E-state index in [-0.39, 0.29) is 5.69 Å². The third-order valence-corrected chi connectivity index (χ3v) is 2.83. The summed E-state index contributed by atoms with van der Waals surface area (Å²) in [6.45, 7) is 0.864. The third kappa shape index (κ3) is 2.72. The monoisotopic (exact) mass is 249 g/mol. The number of hydrogen-bond donors (Lipinski definition) is 1. The molecule has 1 aromatic carbocycles. The molecular weight excluding hydrogens is 238 g/mol. The molecule has 0 amide bonds. The van der Waals surface area contributed by atoms with Crippen molar-refractivity contribution in [2.45, 2.75) is 13.1 Å². The molecule has 2 aromatic rings. The second-order valence-corrected chi connectivity index (χ2v) is 4.07. The molecule has 17 heavy (non-hydrogen) atoms. The largest absolute Gasteiger partial charge is 0.347 e. The quantitative estimate of drug-likeness (QED) is 0.895. The maximum atomic E-state index is 11.4. The minimum atomic E-state index is -0.286. The summed E-state index contributed by atoms with van der Waals surface area (Å²) in [4.78, 5) is 15.1. The average Bonchev–Trinajstić information content (AvgIpc) is 2.34. The van der Waals surface area contributed by atoms with Crippen LogP contribution in [-0.4, -0.2) is 9.55 Å². The van der Waals surface area contributed by atoms with E-state index in [9.17, 15) is 4.79 Å². The van der Waals surface area contributed by atoms with Crippen LogP contribution in [0.2, 0.25) is 5.02 Å². The van der Waals surface area contributed by atoms with Crippen molar-refractivity contribution >= 4 is 11.6 Å². The van der Waals surface area contributed by atoms with E-state index in [1.54, 1.807) is 12.3 Å². The first kappa shape index (κ1) is 11.8. The van der Waals surface area contributed by atoms with Crippen molar-refractivity contribution in [1.82, 2.24) is 9.55 Å². The van der Waals surface area contributed by atoms with Crippen LogP contribution in [0.1, 0.15) is 11.1 Å². The standard InChI is InChI=1S/C12H12ClN3O/c13-11-6-9(7-14)2-3-10(11)8-16-5-1-4-15-12(16)17/h1-6H,7-8,14H2. The lowest BCUT2D eigenvalue weighted by Gasteiger charge is -2.07. The second-order valence-electron chi connectivity index (χ2n) is 3.66. The van der Waals surface area contributed by atoms with E-state index >= 15 is 0 Å². The lowest BCUT2D eigenvalue weighted by Crippen LogP contribution is -2.22. The maximum Gasteiger partial charge on any atom is 0.347 e. The molecule has 1 aromatic heterocycles. The number of benzene rings is 1. The zero-order valence-electron chi connectivity index (χ0n) is 9.14. The predicted octanol–water partition coefficient (Wildman–Crippen LogP) is 1.40. The Hall–Kier alpha value is -1.65. The molecule has 88 valence electrons. The summed E-state index contributed by atoms with van der Waals surface area (Å²) in [5, 5.41) is 0.615. The van der Waals surface area contributed by atoms with E-state index in [1.807, 2.05) is 18.2 Å². The van der Waals surface area contributed by atoms with Gasteiger partial charge in [-0.3, -0.25) is 4.57 Å². The zero-order chi connectivity index (χ0) is 12.3. The van der Waals surface area contributed by atoms with Gasteiger partial charge in [-0.15, -0.1) is 0 Å². The highest BCUT2D eigenvalue weighted by molar-refractivity contribution is 6.31. The van der Waals surface area contributed by atoms with Gasteiger partial charge >= 0.3 is 5.69 Å². The molecule has 5 heteroatoms. The number of hydrogen-bond acceptors (Lipinski definition) is 3. The molecule has 2 rings (SSSR count). The number of nitrogens with zero attached hydrogens (tertiary/aromatic N) is 2. The SMILES string of the molecule is NCc1ccc(Cn2cccnc2=O)c(Cl)c1. The third-order valence-electron chi connectivity index (χ3n) is 2.48. The van der Waals surface area contributed by atoms with Crippen molar-refractivity contribution in [2.24, 2.45) is 5.73 Å². The molecule has 0 saturated heterocycles. The van der Waals surface area contributed by atoms with Crippen LogP contribution in [0.25, 0.3) is 0 Å². The Morgan fingerprint density at radius 1 is 1.41 bits per heavy atom. The van der Waals surface area contributed by atoms with Gasteiger partial charge < -0.3 is 5.73 Å². The van der Waals surface area contributed by atoms with E-state index in [0.29, 0.717) is 18.1 Å². The number of rotatable bonds is 3. The average molecular weight is 250 g/mol. The molecule has 0 aliphatic rings. The normalized spacial score (nSPS) is 10.5. The highest BCUT2D eigenvalue weighted by Crippen LogP contribution is 2.18. The smallest absolute Gasteiger partial charge is 0.326 e. The van der Waals surface area contributed by atoms with E-state index < -0.39 is 0 Å². The van der Waals surface area contributed by atoms with Gasteiger partial charge in [0.1, 0.15) is 0 Å². The molecule has 1 heterocycles. The Bertz CT molecular complexity index is 580. The molecule has 0 radical (unpaired) electrons. The van der Waals surface area contributed by atoms with Crippen LogP contribution < -0.4 is 11.4 Å². The van der Waals surface area contributed by atoms with Crippen molar-refractivity contribution in [1.29, 1.82) is 0 Å². The van der Waals surface area contributed by atoms with Gasteiger partial charge in [0.2, 0.25) is 0 Å². The van der Waals surface area contributed by atoms with E-state index in [2.05, 4.69) is 4.98 Å². The van der Waals surface area contributed by atoms with Crippen LogP contribution in [0, 0.1) is 0 Å². The summed E-state index contributed by atoms with van der Waals surface area (Å²) in [7, 11) is 0. The summed E-state index contributed by atoms with van der Waals surface area (Å²) in [5.74, 6) is 0. The summed E-state index contributed by atoms with van der Waals surface area (Å²) in [6.07, 6.45) is 3.15. The molecule has 0 aliphatic carbocycles. The molecule has 0 spiro atoms. The Labute approximate surface area is 104 Å². The van der Waals surface area contributed by atoms with Crippen molar-refractivity contribution in [3.05, 3.63) is 63.3 Å². The number of aromatic nitrogens is 2. The molecular formula is C12H12ClN3O. The Balaban J connectivity index is 2.31. The lowest BCUT2D eigenvalue weighted by molar-refractivity contribution is 0.726. The van der Waals surface area contributed by atoms with Crippen molar-refractivity contribution in [3.8, 4) is 0 Å². The summed E-state index contributed by atoms with van der Waals surface area (Å²) in [5.41, 5.74) is 7.08. The van der Waals surface area contributed by atoms with Gasteiger partial charge in [-0.1, -0.05) is 23.7 Å². The Morgan fingerprint density at radius 2 is 2.24 bits per heavy atom. The molecule has 0 bridgehead atoms. The Morgan fingerprint density at radius 3 is 2.88 bits per heavy atom. The molecule has 0 atom stereocenters. The topological polar surface area (TPSA) is 60.9 Å². The van der Waals surface area contributed by atoms with Gasteiger partial charge in [-0.2, -0.15) is 0 Å². The van der Waals surface area contributed by atoms with Crippen LogP contribution in [0.15, 0.2) is 41.5 Å². The Kier molecular flexibility index (Phi) is 3.56. The minimum absolute atomic E-state index is 0.286. The van der Waals surface area contributed by atoms with Crippen molar-refractivity contribution < 1.29 is 0 Å². The van der Waals surface area contributed by atoms with Gasteiger partial charge in [-0.05, 0) is 23.3 Å². The van der Waals surface area contributed by atoms with Gasteiger partial charge in [0.25, 0.3) is 0 Å². The van der Waals surface area contributed by atoms with E-state index in [4.69, 9.17) is 17.3 Å². The first-order chi connectivity index (χ1) is 8.20. The van der Waals surface area contributed by atoms with Crippen LogP contribution in [0.3, 0.4) is 0 Å². The van der Waals surface area contributed by atoms with Gasteiger partial charge in [-0.25, -0.2) is 9.78 Å². The second kappa shape index (κ2) is 5.12. The predicted molar refractivity (Wildman–Crippen MR) is 66.9 cm³/mol. The fourth-order valence-electron chi connectivity index (χ4n) is 1.54. The van der Waals surface area contributed by atoms with Gasteiger partial charge in [0.05, 0.1) is 6.54 Å². The lowest BCUT2D eigenvalue weighted by atomic mass is 10.1. The first-order valence-electron chi connectivity index (χ1n) is 5.19. The van der Waals surface area contributed by atoms with Crippen LogP contribution in [0.5, 0.6) is 0 Å². The molecule has 0 unspecified atom stereocenters. The fraction of sp³-hybridized carbons (Fsp3) is 0.167. The van der Waals surface area contributed by atoms with Crippen molar-refractivity contribution in [2.75, 3.05) is 0 Å². The molecule has 0 fully saturated rings. The van der Waals surface area contributed by atoms with Crippen LogP contribution in [0.4, 0.5) is 0 Å². The van der Waals surface area contributed by atoms with Gasteiger partial charge in [0, 0.05) is 24.0 Å². The molecule has 4 nitrogen and oxygen atoms in total. The summed E-state index contributed by atoms with van der Waals surface area (Å²) >= 11 is 6.12. The van der Waals surface area contributed by atoms with Crippen LogP contribution >= 0.6 is 11.6 Å². The highest BCUT2D eigenvalue weighted by atomic mass is 35.5. The number of halogens is 1. The minimum Gasteiger partial charge on any atom is -0.326 e. The van der Waals surface area contributed by atoms with E-state index in [1.165, 1.54) is 10.8 Å². The van der Waals surface area contributed by atoms with Gasteiger partial charge in [0.15, 0.2) is 0 Å². The maximum absolute atomic E-state index is 11.4. The molecule has 2 N–H and O–H groups in total. The molecule has 0 aliphatic heterocycles. The zero-order valence-corrected chi connectivity index (χ0v) is 9.89. The summed E-state index contributed by atoms with van der Waals surface area (Å²) < 4.78 is 1.50. The molecule has 0 saturated carbocycles. The van der Waals surface area contributed by atoms with Crippen molar-refractivity contribution in [3.63, 3.8) is 0 Å². The fourth-order valence-corrected chi connectivity index (χ4v) is 1.80. The highest BCUT2D eigenvalue weighted by Gasteiger charge is 2.03. The van der Waals surface area contributed by atoms with Crippen LogP contribution in [-0.2, 0) is 13.1 Å². The first-order valence-corrected chi connectivity index (χ1v) is 5.57.